The molecule has 0 saturated carbocycles. The summed E-state index contributed by atoms with van der Waals surface area (Å²) in [5.74, 6) is 1.79. The number of hydrogen-bond donors (Lipinski definition) is 0. The van der Waals surface area contributed by atoms with E-state index in [0.29, 0.717) is 5.25 Å². The van der Waals surface area contributed by atoms with Gasteiger partial charge in [-0.3, -0.25) is 4.98 Å². The van der Waals surface area contributed by atoms with Crippen LogP contribution in [0.1, 0.15) is 0 Å². The number of fused-ring (bicyclic) bond motifs is 2. The van der Waals surface area contributed by atoms with Crippen molar-refractivity contribution in [3.8, 4) is 11.4 Å². The summed E-state index contributed by atoms with van der Waals surface area (Å²) in [6.07, 6.45) is 3.58. The zero-order valence-corrected chi connectivity index (χ0v) is 14.7. The first-order valence-electron chi connectivity index (χ1n) is 7.85. The van der Waals surface area contributed by atoms with Crippen LogP contribution in [0.5, 0.6) is 0 Å². The lowest BCUT2D eigenvalue weighted by molar-refractivity contribution is 0.489. The van der Waals surface area contributed by atoms with Crippen molar-refractivity contribution in [1.82, 2.24) is 24.7 Å². The molecule has 25 heavy (non-hydrogen) atoms. The van der Waals surface area contributed by atoms with Gasteiger partial charge in [-0.05, 0) is 24.3 Å². The molecule has 8 heteroatoms. The predicted molar refractivity (Wildman–Crippen MR) is 97.6 cm³/mol. The second kappa shape index (κ2) is 6.20. The number of benzene rings is 1. The van der Waals surface area contributed by atoms with Crippen LogP contribution in [0.2, 0.25) is 0 Å². The summed E-state index contributed by atoms with van der Waals surface area (Å²) in [5, 5.41) is 10.7. The van der Waals surface area contributed by atoms with Crippen molar-refractivity contribution in [2.45, 2.75) is 22.2 Å². The van der Waals surface area contributed by atoms with Gasteiger partial charge in [0.2, 0.25) is 0 Å². The minimum atomic E-state index is 0.418. The van der Waals surface area contributed by atoms with Gasteiger partial charge < -0.3 is 8.98 Å². The quantitative estimate of drug-likeness (QED) is 0.509. The van der Waals surface area contributed by atoms with Crippen molar-refractivity contribution < 1.29 is 4.42 Å². The number of thioether (sulfide) groups is 2. The highest BCUT2D eigenvalue weighted by Gasteiger charge is 2.28. The maximum Gasteiger partial charge on any atom is 0.256 e. The Morgan fingerprint density at radius 3 is 3.04 bits per heavy atom. The van der Waals surface area contributed by atoms with Crippen LogP contribution in [0.3, 0.4) is 0 Å². The van der Waals surface area contributed by atoms with Gasteiger partial charge in [0.25, 0.3) is 5.22 Å². The molecule has 0 N–H and O–H groups in total. The summed E-state index contributed by atoms with van der Waals surface area (Å²) in [4.78, 5) is 8.69. The summed E-state index contributed by atoms with van der Waals surface area (Å²) in [7, 11) is 0. The molecule has 4 heterocycles. The number of oxazole rings is 1. The molecule has 0 unspecified atom stereocenters. The standard InChI is InChI=1S/C17H13N5OS2/c1-2-6-14-13(5-1)19-17(23-14)24-10-12-9-22-15(20-21-16(22)25-12)11-4-3-7-18-8-11/h1-8,12H,9-10H2/t12-/m1/s1. The van der Waals surface area contributed by atoms with Gasteiger partial charge >= 0.3 is 0 Å². The number of nitrogens with zero attached hydrogens (tertiary/aromatic N) is 5. The molecule has 0 radical (unpaired) electrons. The summed E-state index contributed by atoms with van der Waals surface area (Å²) in [6.45, 7) is 0.879. The average Bonchev–Trinajstić information content (AvgIpc) is 3.33. The second-order valence-corrected chi connectivity index (χ2v) is 7.90. The minimum Gasteiger partial charge on any atom is -0.431 e. The monoisotopic (exact) mass is 367 g/mol. The molecule has 1 aliphatic rings. The van der Waals surface area contributed by atoms with Crippen molar-refractivity contribution in [1.29, 1.82) is 0 Å². The van der Waals surface area contributed by atoms with Gasteiger partial charge in [-0.2, -0.15) is 0 Å². The first kappa shape index (κ1) is 15.0. The van der Waals surface area contributed by atoms with Crippen LogP contribution >= 0.6 is 23.5 Å². The Labute approximate surface area is 152 Å². The number of rotatable bonds is 4. The molecular weight excluding hydrogens is 354 g/mol. The van der Waals surface area contributed by atoms with Gasteiger partial charge in [-0.1, -0.05) is 35.7 Å². The Morgan fingerprint density at radius 2 is 2.16 bits per heavy atom. The highest BCUT2D eigenvalue weighted by Crippen LogP contribution is 2.37. The molecule has 0 amide bonds. The van der Waals surface area contributed by atoms with E-state index in [2.05, 4.69) is 24.7 Å². The Bertz CT molecular complexity index is 997. The number of pyridine rings is 1. The van der Waals surface area contributed by atoms with Crippen LogP contribution < -0.4 is 0 Å². The maximum absolute atomic E-state index is 5.78. The molecular formula is C17H13N5OS2. The van der Waals surface area contributed by atoms with Crippen LogP contribution in [-0.2, 0) is 6.54 Å². The Morgan fingerprint density at radius 1 is 1.20 bits per heavy atom. The Kier molecular flexibility index (Phi) is 3.71. The topological polar surface area (TPSA) is 69.6 Å². The fourth-order valence-corrected chi connectivity index (χ4v) is 4.92. The number of aromatic nitrogens is 5. The molecule has 124 valence electrons. The Balaban J connectivity index is 1.30. The van der Waals surface area contributed by atoms with Gasteiger partial charge in [0, 0.05) is 35.5 Å². The molecule has 0 spiro atoms. The van der Waals surface area contributed by atoms with Crippen LogP contribution in [0.25, 0.3) is 22.5 Å². The molecule has 1 aliphatic heterocycles. The molecule has 0 saturated heterocycles. The molecule has 4 aromatic rings. The van der Waals surface area contributed by atoms with Crippen molar-refractivity contribution in [2.24, 2.45) is 0 Å². The first-order chi connectivity index (χ1) is 12.4. The normalized spacial score (nSPS) is 16.4. The highest BCUT2D eigenvalue weighted by molar-refractivity contribution is 8.03. The lowest BCUT2D eigenvalue weighted by Gasteiger charge is -2.06. The minimum absolute atomic E-state index is 0.418. The van der Waals surface area contributed by atoms with E-state index in [1.165, 1.54) is 0 Å². The second-order valence-electron chi connectivity index (χ2n) is 5.66. The SMILES string of the molecule is c1cncc(-c2nnc3n2C[C@H](CSc2nc4ccccc4o2)S3)c1. The zero-order chi connectivity index (χ0) is 16.6. The molecule has 3 aromatic heterocycles. The predicted octanol–water partition coefficient (Wildman–Crippen LogP) is 3.75. The highest BCUT2D eigenvalue weighted by atomic mass is 32.2. The largest absolute Gasteiger partial charge is 0.431 e. The van der Waals surface area contributed by atoms with E-state index in [1.54, 1.807) is 29.7 Å². The van der Waals surface area contributed by atoms with E-state index >= 15 is 0 Å². The van der Waals surface area contributed by atoms with Gasteiger partial charge in [-0.25, -0.2) is 4.98 Å². The summed E-state index contributed by atoms with van der Waals surface area (Å²) < 4.78 is 7.94. The number of hydrogen-bond acceptors (Lipinski definition) is 7. The van der Waals surface area contributed by atoms with Crippen molar-refractivity contribution in [3.63, 3.8) is 0 Å². The molecule has 6 nitrogen and oxygen atoms in total. The summed E-state index contributed by atoms with van der Waals surface area (Å²) in [5.41, 5.74) is 2.73. The van der Waals surface area contributed by atoms with Crippen LogP contribution in [0, 0.1) is 0 Å². The summed E-state index contributed by atoms with van der Waals surface area (Å²) in [6, 6.07) is 11.8. The van der Waals surface area contributed by atoms with Crippen molar-refractivity contribution >= 4 is 34.6 Å². The van der Waals surface area contributed by atoms with E-state index in [0.717, 1.165) is 45.2 Å². The lowest BCUT2D eigenvalue weighted by atomic mass is 10.2. The van der Waals surface area contributed by atoms with Gasteiger partial charge in [0.15, 0.2) is 16.6 Å². The molecule has 0 aliphatic carbocycles. The van der Waals surface area contributed by atoms with Crippen LogP contribution in [0.15, 0.2) is 63.6 Å². The third kappa shape index (κ3) is 2.81. The number of para-hydroxylation sites is 2. The third-order valence-electron chi connectivity index (χ3n) is 3.96. The molecule has 1 atom stereocenters. The summed E-state index contributed by atoms with van der Waals surface area (Å²) >= 11 is 3.40. The average molecular weight is 367 g/mol. The van der Waals surface area contributed by atoms with Crippen molar-refractivity contribution in [3.05, 3.63) is 48.8 Å². The fraction of sp³-hybridized carbons (Fsp3) is 0.176. The fourth-order valence-electron chi connectivity index (χ4n) is 2.80. The van der Waals surface area contributed by atoms with Gasteiger partial charge in [0.1, 0.15) is 5.52 Å². The van der Waals surface area contributed by atoms with E-state index in [-0.39, 0.29) is 0 Å². The maximum atomic E-state index is 5.78. The molecule has 0 bridgehead atoms. The van der Waals surface area contributed by atoms with E-state index in [4.69, 9.17) is 4.42 Å². The van der Waals surface area contributed by atoms with E-state index in [9.17, 15) is 0 Å². The van der Waals surface area contributed by atoms with Crippen LogP contribution in [-0.4, -0.2) is 35.7 Å². The molecule has 1 aromatic carbocycles. The molecule has 0 fully saturated rings. The van der Waals surface area contributed by atoms with Gasteiger partial charge in [-0.15, -0.1) is 10.2 Å². The van der Waals surface area contributed by atoms with Crippen molar-refractivity contribution in [2.75, 3.05) is 5.75 Å². The lowest BCUT2D eigenvalue weighted by Crippen LogP contribution is -2.09. The molecule has 5 rings (SSSR count). The first-order valence-corrected chi connectivity index (χ1v) is 9.72. The zero-order valence-electron chi connectivity index (χ0n) is 13.1. The van der Waals surface area contributed by atoms with E-state index in [1.807, 2.05) is 42.6 Å². The smallest absolute Gasteiger partial charge is 0.256 e. The van der Waals surface area contributed by atoms with E-state index < -0.39 is 0 Å². The Hall–Kier alpha value is -2.32. The van der Waals surface area contributed by atoms with Gasteiger partial charge in [0.05, 0.1) is 0 Å². The van der Waals surface area contributed by atoms with Crippen LogP contribution in [0.4, 0.5) is 0 Å². The third-order valence-corrected chi connectivity index (χ3v) is 6.33.